The number of carbonyl (C=O) groups excluding carboxylic acids is 2. The van der Waals surface area contributed by atoms with Crippen LogP contribution >= 0.6 is 0 Å². The fraction of sp³-hybridized carbons (Fsp3) is 0.786. The van der Waals surface area contributed by atoms with Crippen molar-refractivity contribution in [3.63, 3.8) is 0 Å². The molecule has 0 saturated carbocycles. The van der Waals surface area contributed by atoms with Gasteiger partial charge < -0.3 is 42.2 Å². The van der Waals surface area contributed by atoms with Crippen molar-refractivity contribution in [2.45, 2.75) is 58.3 Å². The topological polar surface area (TPSA) is 221 Å². The van der Waals surface area contributed by atoms with Gasteiger partial charge in [-0.15, -0.1) is 0 Å². The number of ether oxygens (including phenoxy) is 1. The summed E-state index contributed by atoms with van der Waals surface area (Å²) in [4.78, 5) is 31.5. The summed E-state index contributed by atoms with van der Waals surface area (Å²) in [5.41, 5.74) is 15.4. The Morgan fingerprint density at radius 2 is 1.78 bits per heavy atom. The number of carboxylic acids is 1. The number of hydrogen-bond donors (Lipinski definition) is 9. The van der Waals surface area contributed by atoms with Crippen LogP contribution in [0.15, 0.2) is 0 Å². The van der Waals surface area contributed by atoms with Crippen LogP contribution in [0.25, 0.3) is 0 Å². The van der Waals surface area contributed by atoms with Crippen molar-refractivity contribution in [3.8, 4) is 0 Å². The predicted molar refractivity (Wildman–Crippen MR) is 95.8 cm³/mol. The molecule has 3 amide bonds. The number of aliphatic hydroxyl groups is 2. The average molecular weight is 396 g/mol. The summed E-state index contributed by atoms with van der Waals surface area (Å²) in [6.07, 6.45) is -2.43. The zero-order valence-electron chi connectivity index (χ0n) is 15.9. The van der Waals surface area contributed by atoms with Crippen molar-refractivity contribution in [2.24, 2.45) is 11.5 Å². The molecule has 1 fully saturated rings. The van der Waals surface area contributed by atoms with Gasteiger partial charge in [0, 0.05) is 6.92 Å². The van der Waals surface area contributed by atoms with Crippen LogP contribution in [0.2, 0.25) is 0 Å². The molecule has 13 heteroatoms. The maximum absolute atomic E-state index is 11.5. The minimum atomic E-state index is -1.41. The normalized spacial score (nSPS) is 21.3. The third-order valence-corrected chi connectivity index (χ3v) is 2.78. The van der Waals surface area contributed by atoms with Gasteiger partial charge in [0.25, 0.3) is 0 Å². The van der Waals surface area contributed by atoms with E-state index in [9.17, 15) is 19.5 Å². The molecule has 1 heterocycles. The Labute approximate surface area is 157 Å². The first-order chi connectivity index (χ1) is 12.6. The Bertz CT molecular complexity index is 448. The van der Waals surface area contributed by atoms with Crippen LogP contribution in [0.5, 0.6) is 0 Å². The number of aliphatic hydroxyl groups excluding tert-OH is 2. The average Bonchev–Trinajstić information content (AvgIpc) is 3.07. The largest absolute Gasteiger partial charge is 0.480 e. The summed E-state index contributed by atoms with van der Waals surface area (Å²) in [7, 11) is 0. The fourth-order valence-corrected chi connectivity index (χ4v) is 1.59. The Hall–Kier alpha value is -2.03. The Kier molecular flexibility index (Phi) is 15.2. The molecule has 0 aromatic carbocycles. The van der Waals surface area contributed by atoms with E-state index in [0.717, 1.165) is 0 Å². The van der Waals surface area contributed by atoms with E-state index in [1.165, 1.54) is 13.8 Å². The number of nitrogens with one attached hydrogen (secondary N) is 4. The summed E-state index contributed by atoms with van der Waals surface area (Å²) < 4.78 is 5.35. The summed E-state index contributed by atoms with van der Waals surface area (Å²) >= 11 is 0. The van der Waals surface area contributed by atoms with Gasteiger partial charge in [-0.05, 0) is 6.92 Å². The van der Waals surface area contributed by atoms with Crippen LogP contribution < -0.4 is 33.0 Å². The molecule has 160 valence electrons. The quantitative estimate of drug-likeness (QED) is 0.209. The number of rotatable bonds is 7. The molecular weight excluding hydrogens is 364 g/mol. The number of nitrogens with two attached hydrogens (primary N) is 2. The maximum Gasteiger partial charge on any atom is 0.328 e. The lowest BCUT2D eigenvalue weighted by Gasteiger charge is -2.19. The van der Waals surface area contributed by atoms with Gasteiger partial charge in [0.15, 0.2) is 6.04 Å². The van der Waals surface area contributed by atoms with Crippen molar-refractivity contribution in [3.05, 3.63) is 0 Å². The molecule has 0 aromatic rings. The number of aliphatic carboxylic acids is 1. The molecule has 1 aliphatic rings. The van der Waals surface area contributed by atoms with Crippen LogP contribution in [-0.4, -0.2) is 77.0 Å². The molecule has 5 unspecified atom stereocenters. The van der Waals surface area contributed by atoms with Gasteiger partial charge in [-0.1, -0.05) is 13.8 Å². The number of urea groups is 1. The monoisotopic (exact) mass is 396 g/mol. The van der Waals surface area contributed by atoms with Crippen LogP contribution in [-0.2, 0) is 14.3 Å². The van der Waals surface area contributed by atoms with Crippen LogP contribution in [0.1, 0.15) is 27.7 Å². The van der Waals surface area contributed by atoms with E-state index in [2.05, 4.69) is 27.2 Å². The highest BCUT2D eigenvalue weighted by Crippen LogP contribution is 2.02. The molecule has 1 saturated heterocycles. The Morgan fingerprint density at radius 1 is 1.26 bits per heavy atom. The highest BCUT2D eigenvalue weighted by atomic mass is 16.6. The minimum Gasteiger partial charge on any atom is -0.480 e. The summed E-state index contributed by atoms with van der Waals surface area (Å²) in [5, 5.41) is 31.4. The van der Waals surface area contributed by atoms with E-state index in [-0.39, 0.29) is 19.1 Å². The van der Waals surface area contributed by atoms with Gasteiger partial charge in [0.05, 0.1) is 25.3 Å². The van der Waals surface area contributed by atoms with Crippen LogP contribution in [0.4, 0.5) is 4.79 Å². The van der Waals surface area contributed by atoms with E-state index in [1.54, 1.807) is 0 Å². The maximum atomic E-state index is 11.5. The number of carboxylic acid groups (broad SMARTS) is 1. The molecule has 0 aromatic heterocycles. The lowest BCUT2D eigenvalue weighted by molar-refractivity contribution is -0.141. The first-order valence-corrected chi connectivity index (χ1v) is 8.32. The van der Waals surface area contributed by atoms with Crippen LogP contribution in [0, 0.1) is 0 Å². The first-order valence-electron chi connectivity index (χ1n) is 8.32. The second-order valence-electron chi connectivity index (χ2n) is 5.20. The summed E-state index contributed by atoms with van der Waals surface area (Å²) in [6.45, 7) is 6.32. The van der Waals surface area contributed by atoms with Gasteiger partial charge in [0.1, 0.15) is 12.5 Å². The smallest absolute Gasteiger partial charge is 0.328 e. The minimum absolute atomic E-state index is 0.0274. The zero-order valence-corrected chi connectivity index (χ0v) is 15.9. The van der Waals surface area contributed by atoms with E-state index >= 15 is 0 Å². The van der Waals surface area contributed by atoms with E-state index in [1.807, 2.05) is 13.8 Å². The predicted octanol–water partition coefficient (Wildman–Crippen LogP) is -3.27. The van der Waals surface area contributed by atoms with Crippen LogP contribution in [0.3, 0.4) is 0 Å². The van der Waals surface area contributed by atoms with E-state index < -0.39 is 42.6 Å². The number of primary amides is 1. The van der Waals surface area contributed by atoms with Gasteiger partial charge in [-0.3, -0.25) is 4.79 Å². The molecule has 0 aliphatic carbocycles. The van der Waals surface area contributed by atoms with Gasteiger partial charge in [0.2, 0.25) is 5.91 Å². The Balaban J connectivity index is 0. The molecule has 27 heavy (non-hydrogen) atoms. The second kappa shape index (κ2) is 15.1. The lowest BCUT2D eigenvalue weighted by atomic mass is 10.2. The Morgan fingerprint density at radius 3 is 2.19 bits per heavy atom. The fourth-order valence-electron chi connectivity index (χ4n) is 1.59. The SMILES string of the molecule is CC.CC(N)=O.CC(O)C(NC(=O)NCC1NNC(C(N)CO)O1)C(=O)O. The summed E-state index contributed by atoms with van der Waals surface area (Å²) in [6, 6.07) is -2.79. The van der Waals surface area contributed by atoms with E-state index in [4.69, 9.17) is 20.7 Å². The molecule has 13 nitrogen and oxygen atoms in total. The molecule has 0 radical (unpaired) electrons. The van der Waals surface area contributed by atoms with Crippen molar-refractivity contribution in [1.82, 2.24) is 21.5 Å². The second-order valence-corrected chi connectivity index (χ2v) is 5.20. The molecule has 11 N–H and O–H groups in total. The van der Waals surface area contributed by atoms with Gasteiger partial charge in [-0.2, -0.15) is 0 Å². The van der Waals surface area contributed by atoms with Crippen molar-refractivity contribution in [2.75, 3.05) is 13.2 Å². The number of hydrazine groups is 1. The molecule has 0 bridgehead atoms. The van der Waals surface area contributed by atoms with E-state index in [0.29, 0.717) is 0 Å². The number of amides is 3. The molecule has 1 rings (SSSR count). The van der Waals surface area contributed by atoms with Gasteiger partial charge in [-0.25, -0.2) is 20.4 Å². The standard InChI is InChI=1S/C10H21N5O6.C2H5NO.C2H6/c1-4(17)7(9(18)19)13-10(20)12-2-6-14-15-8(21-6)5(11)3-16;1-2(3)4;1-2/h4-8,14-17H,2-3,11H2,1H3,(H,18,19)(H2,12,13,20);1H3,(H2,3,4);1-2H3. The molecular formula is C14H32N6O7. The zero-order chi connectivity index (χ0) is 21.6. The first kappa shape index (κ1) is 27.2. The highest BCUT2D eigenvalue weighted by Gasteiger charge is 2.29. The van der Waals surface area contributed by atoms with Crippen molar-refractivity contribution in [1.29, 1.82) is 0 Å². The van der Waals surface area contributed by atoms with Crippen molar-refractivity contribution >= 4 is 17.9 Å². The summed E-state index contributed by atoms with van der Waals surface area (Å²) in [5.74, 6) is -1.67. The lowest BCUT2D eigenvalue weighted by Crippen LogP contribution is -2.53. The number of hydrogen-bond acceptors (Lipinski definition) is 9. The highest BCUT2D eigenvalue weighted by molar-refractivity contribution is 5.82. The van der Waals surface area contributed by atoms with Gasteiger partial charge >= 0.3 is 12.0 Å². The molecule has 5 atom stereocenters. The molecule has 1 aliphatic heterocycles. The number of carbonyl (C=O) groups is 3. The molecule has 0 spiro atoms. The van der Waals surface area contributed by atoms with Crippen molar-refractivity contribution < 1.29 is 34.4 Å². The third kappa shape index (κ3) is 12.9. The third-order valence-electron chi connectivity index (χ3n) is 2.78.